The fraction of sp³-hybridized carbons (Fsp3) is 0.300. The first-order valence-corrected chi connectivity index (χ1v) is 9.28. The van der Waals surface area contributed by atoms with Gasteiger partial charge < -0.3 is 9.47 Å². The second-order valence-corrected chi connectivity index (χ2v) is 7.07. The zero-order valence-corrected chi connectivity index (χ0v) is 15.1. The van der Waals surface area contributed by atoms with Gasteiger partial charge in [-0.3, -0.25) is 14.7 Å². The van der Waals surface area contributed by atoms with E-state index in [1.807, 2.05) is 12.1 Å². The molecule has 1 aliphatic heterocycles. The van der Waals surface area contributed by atoms with Crippen LogP contribution in [0.15, 0.2) is 36.5 Å². The van der Waals surface area contributed by atoms with Crippen molar-refractivity contribution in [3.8, 4) is 22.9 Å². The van der Waals surface area contributed by atoms with Gasteiger partial charge in [-0.25, -0.2) is 4.68 Å². The zero-order chi connectivity index (χ0) is 19.1. The summed E-state index contributed by atoms with van der Waals surface area (Å²) in [5.41, 5.74) is 3.34. The molecular formula is C20H18N4O4. The summed E-state index contributed by atoms with van der Waals surface area (Å²) < 4.78 is 12.7. The molecule has 1 fully saturated rings. The Morgan fingerprint density at radius 1 is 1.11 bits per heavy atom. The van der Waals surface area contributed by atoms with E-state index >= 15 is 0 Å². The molecule has 1 aliphatic carbocycles. The summed E-state index contributed by atoms with van der Waals surface area (Å²) in [6.45, 7) is 0.301. The third kappa shape index (κ3) is 3.17. The summed E-state index contributed by atoms with van der Waals surface area (Å²) in [6, 6.07) is 9.83. The monoisotopic (exact) mass is 378 g/mol. The van der Waals surface area contributed by atoms with Crippen LogP contribution in [0.3, 0.4) is 0 Å². The highest BCUT2D eigenvalue weighted by molar-refractivity contribution is 5.86. The fourth-order valence-electron chi connectivity index (χ4n) is 3.38. The van der Waals surface area contributed by atoms with Gasteiger partial charge in [0.15, 0.2) is 0 Å². The van der Waals surface area contributed by atoms with E-state index in [1.54, 1.807) is 12.3 Å². The molecule has 0 unspecified atom stereocenters. The van der Waals surface area contributed by atoms with Crippen molar-refractivity contribution in [2.45, 2.75) is 38.1 Å². The first-order valence-electron chi connectivity index (χ1n) is 9.28. The quantitative estimate of drug-likeness (QED) is 0.701. The van der Waals surface area contributed by atoms with Crippen LogP contribution in [0, 0.1) is 0 Å². The number of H-pyrrole nitrogens is 1. The maximum atomic E-state index is 12.3. The number of esters is 2. The Labute approximate surface area is 160 Å². The maximum Gasteiger partial charge on any atom is 0.313 e. The van der Waals surface area contributed by atoms with Crippen LogP contribution in [-0.4, -0.2) is 31.9 Å². The molecule has 142 valence electrons. The van der Waals surface area contributed by atoms with E-state index in [1.165, 1.54) is 23.1 Å². The third-order valence-corrected chi connectivity index (χ3v) is 4.93. The lowest BCUT2D eigenvalue weighted by molar-refractivity contribution is -0.140. The molecular weight excluding hydrogens is 360 g/mol. The van der Waals surface area contributed by atoms with E-state index in [0.717, 1.165) is 11.3 Å². The van der Waals surface area contributed by atoms with Crippen molar-refractivity contribution in [3.63, 3.8) is 0 Å². The van der Waals surface area contributed by atoms with Crippen LogP contribution < -0.4 is 9.47 Å². The number of nitrogens with zero attached hydrogens (tertiary/aromatic N) is 3. The number of fused-ring (bicyclic) bond motifs is 2. The number of aromatic nitrogens is 4. The molecule has 0 atom stereocenters. The van der Waals surface area contributed by atoms with Gasteiger partial charge in [0, 0.05) is 6.20 Å². The molecule has 1 saturated carbocycles. The summed E-state index contributed by atoms with van der Waals surface area (Å²) in [4.78, 5) is 24.4. The smallest absolute Gasteiger partial charge is 0.313 e. The SMILES string of the molecule is O=C1CCC(=O)Oc2c(-c3cccc(C4CC4)c3)c(nn2Cc2ccn[nH]2)O1. The molecule has 3 aromatic rings. The molecule has 1 N–H and O–H groups in total. The predicted octanol–water partition coefficient (Wildman–Crippen LogP) is 2.80. The van der Waals surface area contributed by atoms with Gasteiger partial charge in [0.1, 0.15) is 5.56 Å². The number of benzene rings is 1. The number of ether oxygens (including phenoxy) is 2. The van der Waals surface area contributed by atoms with Crippen molar-refractivity contribution in [2.24, 2.45) is 0 Å². The van der Waals surface area contributed by atoms with Crippen molar-refractivity contribution in [2.75, 3.05) is 0 Å². The van der Waals surface area contributed by atoms with Gasteiger partial charge in [-0.1, -0.05) is 24.3 Å². The topological polar surface area (TPSA) is 99.1 Å². The fourth-order valence-corrected chi connectivity index (χ4v) is 3.38. The van der Waals surface area contributed by atoms with E-state index in [9.17, 15) is 9.59 Å². The maximum absolute atomic E-state index is 12.3. The standard InChI is InChI=1S/C20H18N4O4/c25-16-6-7-17(26)28-20-18(14-3-1-2-13(10-14)12-4-5-12)19(27-16)23-24(20)11-15-8-9-21-22-15/h1-3,8-10,12H,4-7,11H2,(H,21,22). The van der Waals surface area contributed by atoms with Gasteiger partial charge in [-0.15, -0.1) is 5.10 Å². The largest absolute Gasteiger partial charge is 0.407 e. The Kier molecular flexibility index (Phi) is 3.96. The Bertz CT molecular complexity index is 1050. The van der Waals surface area contributed by atoms with Gasteiger partial charge in [-0.05, 0) is 36.0 Å². The van der Waals surface area contributed by atoms with Crippen LogP contribution in [0.1, 0.15) is 42.9 Å². The summed E-state index contributed by atoms with van der Waals surface area (Å²) in [6.07, 6.45) is 3.90. The molecule has 8 heteroatoms. The number of carbonyl (C=O) groups is 2. The molecule has 0 saturated heterocycles. The first kappa shape index (κ1) is 16.7. The summed E-state index contributed by atoms with van der Waals surface area (Å²) >= 11 is 0. The normalized spacial score (nSPS) is 16.7. The highest BCUT2D eigenvalue weighted by Crippen LogP contribution is 2.44. The number of hydrogen-bond acceptors (Lipinski definition) is 6. The molecule has 0 amide bonds. The van der Waals surface area contributed by atoms with Crippen LogP contribution >= 0.6 is 0 Å². The minimum absolute atomic E-state index is 0.0388. The molecule has 28 heavy (non-hydrogen) atoms. The van der Waals surface area contributed by atoms with Crippen molar-refractivity contribution in [1.82, 2.24) is 20.0 Å². The van der Waals surface area contributed by atoms with E-state index in [4.69, 9.17) is 9.47 Å². The number of nitrogens with one attached hydrogen (secondary N) is 1. The summed E-state index contributed by atoms with van der Waals surface area (Å²) in [7, 11) is 0. The van der Waals surface area contributed by atoms with Crippen molar-refractivity contribution in [3.05, 3.63) is 47.8 Å². The molecule has 8 nitrogen and oxygen atoms in total. The number of carbonyl (C=O) groups excluding carboxylic acids is 2. The van der Waals surface area contributed by atoms with Gasteiger partial charge in [0.05, 0.1) is 25.1 Å². The van der Waals surface area contributed by atoms with Crippen LogP contribution in [0.5, 0.6) is 11.8 Å². The van der Waals surface area contributed by atoms with Crippen LogP contribution in [-0.2, 0) is 16.1 Å². The average Bonchev–Trinajstić information content (AvgIpc) is 3.32. The van der Waals surface area contributed by atoms with E-state index in [-0.39, 0.29) is 24.6 Å². The zero-order valence-electron chi connectivity index (χ0n) is 15.1. The minimum Gasteiger partial charge on any atom is -0.407 e. The van der Waals surface area contributed by atoms with E-state index in [2.05, 4.69) is 27.4 Å². The molecule has 2 aliphatic rings. The number of aromatic amines is 1. The van der Waals surface area contributed by atoms with Crippen molar-refractivity contribution in [1.29, 1.82) is 0 Å². The van der Waals surface area contributed by atoms with Gasteiger partial charge >= 0.3 is 11.9 Å². The van der Waals surface area contributed by atoms with Crippen molar-refractivity contribution >= 4 is 11.9 Å². The van der Waals surface area contributed by atoms with Crippen molar-refractivity contribution < 1.29 is 19.1 Å². The molecule has 1 aromatic carbocycles. The molecule has 5 rings (SSSR count). The Balaban J connectivity index is 1.66. The lowest BCUT2D eigenvalue weighted by Crippen LogP contribution is -2.17. The van der Waals surface area contributed by atoms with Gasteiger partial charge in [-0.2, -0.15) is 5.10 Å². The lowest BCUT2D eigenvalue weighted by atomic mass is 10.0. The predicted molar refractivity (Wildman–Crippen MR) is 97.8 cm³/mol. The number of rotatable bonds is 4. The minimum atomic E-state index is -0.504. The first-order chi connectivity index (χ1) is 13.7. The average molecular weight is 378 g/mol. The highest BCUT2D eigenvalue weighted by atomic mass is 16.6. The number of hydrogen-bond donors (Lipinski definition) is 1. The molecule has 0 radical (unpaired) electrons. The molecule has 2 aromatic heterocycles. The van der Waals surface area contributed by atoms with Gasteiger partial charge in [0.25, 0.3) is 5.88 Å². The van der Waals surface area contributed by atoms with Crippen LogP contribution in [0.25, 0.3) is 11.1 Å². The third-order valence-electron chi connectivity index (χ3n) is 4.93. The van der Waals surface area contributed by atoms with Crippen LogP contribution in [0.2, 0.25) is 0 Å². The van der Waals surface area contributed by atoms with Crippen LogP contribution in [0.4, 0.5) is 0 Å². The second-order valence-electron chi connectivity index (χ2n) is 7.07. The van der Waals surface area contributed by atoms with E-state index < -0.39 is 11.9 Å². The Hall–Kier alpha value is -3.42. The summed E-state index contributed by atoms with van der Waals surface area (Å²) in [5.74, 6) is -0.000900. The Morgan fingerprint density at radius 3 is 2.68 bits per heavy atom. The molecule has 0 spiro atoms. The lowest BCUT2D eigenvalue weighted by Gasteiger charge is -2.09. The second kappa shape index (κ2) is 6.63. The van der Waals surface area contributed by atoms with Gasteiger partial charge in [0.2, 0.25) is 5.88 Å². The molecule has 2 bridgehead atoms. The highest BCUT2D eigenvalue weighted by Gasteiger charge is 2.30. The summed E-state index contributed by atoms with van der Waals surface area (Å²) in [5, 5.41) is 11.2. The van der Waals surface area contributed by atoms with E-state index in [0.29, 0.717) is 18.0 Å². The Morgan fingerprint density at radius 2 is 1.93 bits per heavy atom. The molecule has 3 heterocycles.